The number of rotatable bonds is 7. The molecule has 0 unspecified atom stereocenters. The van der Waals surface area contributed by atoms with Gasteiger partial charge in [-0.05, 0) is 32.6 Å². The van der Waals surface area contributed by atoms with E-state index in [1.54, 1.807) is 6.92 Å². The second-order valence-electron chi connectivity index (χ2n) is 4.50. The zero-order valence-corrected chi connectivity index (χ0v) is 9.77. The average molecular weight is 211 g/mol. The number of hydrogen-bond donors (Lipinski definition) is 1. The van der Waals surface area contributed by atoms with Crippen molar-refractivity contribution in [1.29, 1.82) is 0 Å². The Hall–Kier alpha value is -0.860. The van der Waals surface area contributed by atoms with E-state index in [1.165, 1.54) is 0 Å². The predicted octanol–water partition coefficient (Wildman–Crippen LogP) is 2.05. The lowest BCUT2D eigenvalue weighted by Crippen LogP contribution is -2.23. The SMILES string of the molecule is CCC(=O)NCCCCC1(C(C)=O)CC1. The molecule has 1 aliphatic rings. The molecule has 15 heavy (non-hydrogen) atoms. The fraction of sp³-hybridized carbons (Fsp3) is 0.833. The van der Waals surface area contributed by atoms with Crippen molar-refractivity contribution in [3.05, 3.63) is 0 Å². The van der Waals surface area contributed by atoms with Gasteiger partial charge in [0.15, 0.2) is 0 Å². The summed E-state index contributed by atoms with van der Waals surface area (Å²) in [5.41, 5.74) is 0.0365. The molecular formula is C12H21NO2. The van der Waals surface area contributed by atoms with Gasteiger partial charge in [-0.15, -0.1) is 0 Å². The highest BCUT2D eigenvalue weighted by Crippen LogP contribution is 2.50. The number of nitrogens with one attached hydrogen (secondary N) is 1. The molecule has 0 heterocycles. The molecule has 0 aromatic heterocycles. The van der Waals surface area contributed by atoms with Crippen LogP contribution < -0.4 is 5.32 Å². The summed E-state index contributed by atoms with van der Waals surface area (Å²) in [5, 5.41) is 2.84. The van der Waals surface area contributed by atoms with E-state index in [4.69, 9.17) is 0 Å². The monoisotopic (exact) mass is 211 g/mol. The quantitative estimate of drug-likeness (QED) is 0.655. The maximum atomic E-state index is 11.3. The van der Waals surface area contributed by atoms with E-state index in [1.807, 2.05) is 6.92 Å². The molecule has 3 heteroatoms. The molecule has 1 fully saturated rings. The molecule has 1 saturated carbocycles. The Morgan fingerprint density at radius 3 is 2.40 bits per heavy atom. The van der Waals surface area contributed by atoms with E-state index in [2.05, 4.69) is 5.32 Å². The first kappa shape index (κ1) is 12.2. The lowest BCUT2D eigenvalue weighted by molar-refractivity contribution is -0.122. The Labute approximate surface area is 91.6 Å². The molecule has 1 amide bonds. The van der Waals surface area contributed by atoms with Crippen molar-refractivity contribution in [1.82, 2.24) is 5.32 Å². The van der Waals surface area contributed by atoms with Gasteiger partial charge in [-0.25, -0.2) is 0 Å². The van der Waals surface area contributed by atoms with Crippen LogP contribution in [0.25, 0.3) is 0 Å². The summed E-state index contributed by atoms with van der Waals surface area (Å²) in [5.74, 6) is 0.461. The van der Waals surface area contributed by atoms with Crippen LogP contribution in [0.2, 0.25) is 0 Å². The van der Waals surface area contributed by atoms with Gasteiger partial charge in [-0.1, -0.05) is 13.3 Å². The van der Waals surface area contributed by atoms with Crippen LogP contribution in [0.3, 0.4) is 0 Å². The maximum Gasteiger partial charge on any atom is 0.219 e. The van der Waals surface area contributed by atoms with Crippen LogP contribution in [0.1, 0.15) is 52.4 Å². The van der Waals surface area contributed by atoms with E-state index in [0.29, 0.717) is 12.2 Å². The van der Waals surface area contributed by atoms with Crippen molar-refractivity contribution < 1.29 is 9.59 Å². The molecule has 1 N–H and O–H groups in total. The van der Waals surface area contributed by atoms with Crippen molar-refractivity contribution in [3.63, 3.8) is 0 Å². The molecule has 0 bridgehead atoms. The molecule has 0 atom stereocenters. The molecule has 0 saturated heterocycles. The fourth-order valence-electron chi connectivity index (χ4n) is 1.87. The van der Waals surface area contributed by atoms with Gasteiger partial charge in [0.2, 0.25) is 5.91 Å². The van der Waals surface area contributed by atoms with Crippen LogP contribution in [0.15, 0.2) is 0 Å². The number of Topliss-reactive ketones (excluding diaryl/α,β-unsaturated/α-hetero) is 1. The highest BCUT2D eigenvalue weighted by molar-refractivity contribution is 5.84. The van der Waals surface area contributed by atoms with Gasteiger partial charge >= 0.3 is 0 Å². The molecule has 0 aromatic rings. The summed E-state index contributed by atoms with van der Waals surface area (Å²) in [6, 6.07) is 0. The minimum atomic E-state index is 0.0365. The molecule has 86 valence electrons. The first-order valence-corrected chi connectivity index (χ1v) is 5.88. The Morgan fingerprint density at radius 1 is 1.27 bits per heavy atom. The van der Waals surface area contributed by atoms with Gasteiger partial charge in [-0.2, -0.15) is 0 Å². The normalized spacial score (nSPS) is 17.2. The van der Waals surface area contributed by atoms with Gasteiger partial charge in [0.25, 0.3) is 0 Å². The summed E-state index contributed by atoms with van der Waals surface area (Å²) in [4.78, 5) is 22.2. The first-order valence-electron chi connectivity index (χ1n) is 5.88. The Kier molecular flexibility index (Phi) is 4.30. The van der Waals surface area contributed by atoms with Crippen LogP contribution in [0, 0.1) is 5.41 Å². The number of amides is 1. The second kappa shape index (κ2) is 5.29. The van der Waals surface area contributed by atoms with Crippen molar-refractivity contribution in [2.24, 2.45) is 5.41 Å². The fourth-order valence-corrected chi connectivity index (χ4v) is 1.87. The lowest BCUT2D eigenvalue weighted by atomic mass is 9.95. The Bertz CT molecular complexity index is 244. The van der Waals surface area contributed by atoms with Gasteiger partial charge < -0.3 is 5.32 Å². The third kappa shape index (κ3) is 3.65. The van der Waals surface area contributed by atoms with Crippen molar-refractivity contribution >= 4 is 11.7 Å². The average Bonchev–Trinajstić information content (AvgIpc) is 2.98. The molecule has 3 nitrogen and oxygen atoms in total. The summed E-state index contributed by atoms with van der Waals surface area (Å²) >= 11 is 0. The van der Waals surface area contributed by atoms with Crippen molar-refractivity contribution in [2.45, 2.75) is 52.4 Å². The van der Waals surface area contributed by atoms with Crippen LogP contribution in [-0.2, 0) is 9.59 Å². The number of hydrogen-bond acceptors (Lipinski definition) is 2. The minimum absolute atomic E-state index is 0.0365. The zero-order chi connectivity index (χ0) is 11.3. The molecule has 0 radical (unpaired) electrons. The van der Waals surface area contributed by atoms with Gasteiger partial charge in [0, 0.05) is 18.4 Å². The van der Waals surface area contributed by atoms with Crippen LogP contribution in [0.5, 0.6) is 0 Å². The number of carbonyl (C=O) groups excluding carboxylic acids is 2. The maximum absolute atomic E-state index is 11.3. The van der Waals surface area contributed by atoms with Crippen LogP contribution >= 0.6 is 0 Å². The largest absolute Gasteiger partial charge is 0.356 e. The van der Waals surface area contributed by atoms with Crippen LogP contribution in [-0.4, -0.2) is 18.2 Å². The topological polar surface area (TPSA) is 46.2 Å². The van der Waals surface area contributed by atoms with E-state index in [0.717, 1.165) is 38.6 Å². The molecule has 1 rings (SSSR count). The standard InChI is InChI=1S/C12H21NO2/c1-3-11(15)13-9-5-4-6-12(7-8-12)10(2)14/h3-9H2,1-2H3,(H,13,15). The molecule has 0 aromatic carbocycles. The smallest absolute Gasteiger partial charge is 0.219 e. The third-order valence-corrected chi connectivity index (χ3v) is 3.33. The van der Waals surface area contributed by atoms with Crippen molar-refractivity contribution in [2.75, 3.05) is 6.54 Å². The lowest BCUT2D eigenvalue weighted by Gasteiger charge is -2.10. The number of carbonyl (C=O) groups is 2. The first-order chi connectivity index (χ1) is 7.10. The molecule has 0 aliphatic heterocycles. The number of ketones is 1. The van der Waals surface area contributed by atoms with Crippen LogP contribution in [0.4, 0.5) is 0 Å². The Balaban J connectivity index is 2.03. The molecule has 0 spiro atoms. The summed E-state index contributed by atoms with van der Waals surface area (Å²) < 4.78 is 0. The zero-order valence-electron chi connectivity index (χ0n) is 9.77. The van der Waals surface area contributed by atoms with E-state index in [9.17, 15) is 9.59 Å². The predicted molar refractivity (Wildman–Crippen MR) is 59.5 cm³/mol. The second-order valence-corrected chi connectivity index (χ2v) is 4.50. The van der Waals surface area contributed by atoms with E-state index in [-0.39, 0.29) is 11.3 Å². The minimum Gasteiger partial charge on any atom is -0.356 e. The van der Waals surface area contributed by atoms with Gasteiger partial charge in [-0.3, -0.25) is 9.59 Å². The summed E-state index contributed by atoms with van der Waals surface area (Å²) in [6.07, 6.45) is 5.74. The molecular weight excluding hydrogens is 190 g/mol. The Morgan fingerprint density at radius 2 is 1.93 bits per heavy atom. The van der Waals surface area contributed by atoms with E-state index >= 15 is 0 Å². The van der Waals surface area contributed by atoms with E-state index < -0.39 is 0 Å². The highest BCUT2D eigenvalue weighted by Gasteiger charge is 2.45. The van der Waals surface area contributed by atoms with Gasteiger partial charge in [0.05, 0.1) is 0 Å². The van der Waals surface area contributed by atoms with Crippen molar-refractivity contribution in [3.8, 4) is 0 Å². The number of unbranched alkanes of at least 4 members (excludes halogenated alkanes) is 1. The highest BCUT2D eigenvalue weighted by atomic mass is 16.1. The van der Waals surface area contributed by atoms with Gasteiger partial charge in [0.1, 0.15) is 5.78 Å². The third-order valence-electron chi connectivity index (χ3n) is 3.33. The summed E-state index contributed by atoms with van der Waals surface area (Å²) in [6.45, 7) is 4.30. The summed E-state index contributed by atoms with van der Waals surface area (Å²) in [7, 11) is 0. The molecule has 1 aliphatic carbocycles.